The maximum absolute atomic E-state index is 9.96. The van der Waals surface area contributed by atoms with Gasteiger partial charge in [0, 0.05) is 6.42 Å². The van der Waals surface area contributed by atoms with E-state index in [0.717, 1.165) is 19.3 Å². The first-order valence-electron chi connectivity index (χ1n) is 3.49. The topological polar surface area (TPSA) is 37.3 Å². The van der Waals surface area contributed by atoms with Crippen molar-refractivity contribution in [2.75, 3.05) is 0 Å². The zero-order chi connectivity index (χ0) is 7.11. The molecule has 0 fully saturated rings. The molecule has 1 N–H and O–H groups in total. The van der Waals surface area contributed by atoms with Crippen LogP contribution in [0.3, 0.4) is 0 Å². The fraction of sp³-hybridized carbons (Fsp3) is 0.857. The molecule has 0 atom stereocenters. The smallest absolute Gasteiger partial charge is 1.00 e. The van der Waals surface area contributed by atoms with E-state index in [1.165, 1.54) is 6.42 Å². The Morgan fingerprint density at radius 1 is 1.40 bits per heavy atom. The predicted molar refractivity (Wildman–Crippen MR) is 37.5 cm³/mol. The summed E-state index contributed by atoms with van der Waals surface area (Å²) in [5.74, 6) is -0.675. The average Bonchev–Trinajstić information content (AvgIpc) is 1.80. The number of aliphatic carboxylic acids is 1. The molecule has 0 unspecified atom stereocenters. The van der Waals surface area contributed by atoms with E-state index in [4.69, 9.17) is 5.11 Å². The van der Waals surface area contributed by atoms with Gasteiger partial charge in [-0.2, -0.15) is 0 Å². The monoisotopic (exact) mass is 170 g/mol. The van der Waals surface area contributed by atoms with E-state index in [9.17, 15) is 4.79 Å². The molecule has 0 radical (unpaired) electrons. The van der Waals surface area contributed by atoms with Crippen molar-refractivity contribution in [3.05, 3.63) is 0 Å². The fourth-order valence-corrected chi connectivity index (χ4v) is 0.703. The molecule has 0 aliphatic rings. The molecule has 56 valence electrons. The average molecular weight is 170 g/mol. The number of unbranched alkanes of at least 4 members (excludes halogenated alkanes) is 3. The van der Waals surface area contributed by atoms with Gasteiger partial charge < -0.3 is 6.53 Å². The van der Waals surface area contributed by atoms with E-state index >= 15 is 0 Å². The molecule has 0 saturated heterocycles. The molecule has 0 bridgehead atoms. The molecule has 0 aliphatic carbocycles. The van der Waals surface area contributed by atoms with E-state index in [1.54, 1.807) is 0 Å². The molecule has 0 aliphatic heterocycles. The maximum atomic E-state index is 9.96. The first kappa shape index (κ1) is 13.7. The standard InChI is InChI=1S/C7H14O2.K.H/c1-2-3-4-5-6-7(8)9;;/h2-6H2,1H3,(H,8,9);;/q;+1;-1. The van der Waals surface area contributed by atoms with Crippen LogP contribution in [-0.4, -0.2) is 11.1 Å². The van der Waals surface area contributed by atoms with Crippen LogP contribution in [0, 0.1) is 0 Å². The van der Waals surface area contributed by atoms with Crippen LogP contribution in [0.1, 0.15) is 40.5 Å². The third-order valence-electron chi connectivity index (χ3n) is 1.24. The molecule has 0 aromatic carbocycles. The van der Waals surface area contributed by atoms with Crippen molar-refractivity contribution in [1.82, 2.24) is 0 Å². The van der Waals surface area contributed by atoms with E-state index in [-0.39, 0.29) is 52.8 Å². The van der Waals surface area contributed by atoms with Crippen LogP contribution < -0.4 is 51.4 Å². The Kier molecular flexibility index (Phi) is 13.8. The summed E-state index contributed by atoms with van der Waals surface area (Å²) in [6.07, 6.45) is 4.55. The first-order chi connectivity index (χ1) is 4.27. The van der Waals surface area contributed by atoms with Crippen molar-refractivity contribution in [3.63, 3.8) is 0 Å². The molecule has 0 heterocycles. The Hall–Kier alpha value is 1.11. The Balaban J connectivity index is -0.000000320. The summed E-state index contributed by atoms with van der Waals surface area (Å²) in [7, 11) is 0. The molecule has 0 spiro atoms. The normalized spacial score (nSPS) is 8.50. The molecule has 10 heavy (non-hydrogen) atoms. The molecule has 0 saturated carbocycles. The van der Waals surface area contributed by atoms with Gasteiger partial charge in [0.15, 0.2) is 0 Å². The summed E-state index contributed by atoms with van der Waals surface area (Å²) < 4.78 is 0. The molecule has 0 aromatic rings. The fourth-order valence-electron chi connectivity index (χ4n) is 0.703. The third kappa shape index (κ3) is 11.8. The predicted octanol–water partition coefficient (Wildman–Crippen LogP) is -0.842. The number of hydrogen-bond acceptors (Lipinski definition) is 1. The number of carboxylic acid groups (broad SMARTS) is 1. The summed E-state index contributed by atoms with van der Waals surface area (Å²) in [6, 6.07) is 0. The van der Waals surface area contributed by atoms with Gasteiger partial charge in [0.1, 0.15) is 0 Å². The molecule has 0 aromatic heterocycles. The van der Waals surface area contributed by atoms with Crippen LogP contribution in [0.2, 0.25) is 0 Å². The number of carboxylic acids is 1. The van der Waals surface area contributed by atoms with Gasteiger partial charge in [0.25, 0.3) is 0 Å². The van der Waals surface area contributed by atoms with Crippen molar-refractivity contribution in [3.8, 4) is 0 Å². The van der Waals surface area contributed by atoms with Crippen LogP contribution in [-0.2, 0) is 4.79 Å². The molecule has 2 nitrogen and oxygen atoms in total. The maximum Gasteiger partial charge on any atom is 1.00 e. The van der Waals surface area contributed by atoms with Crippen LogP contribution in [0.15, 0.2) is 0 Å². The Morgan fingerprint density at radius 3 is 2.40 bits per heavy atom. The number of carbonyl (C=O) groups is 1. The van der Waals surface area contributed by atoms with Gasteiger partial charge in [-0.1, -0.05) is 26.2 Å². The van der Waals surface area contributed by atoms with Crippen LogP contribution in [0.25, 0.3) is 0 Å². The third-order valence-corrected chi connectivity index (χ3v) is 1.24. The van der Waals surface area contributed by atoms with Gasteiger partial charge in [-0.15, -0.1) is 0 Å². The van der Waals surface area contributed by atoms with Gasteiger partial charge in [0.2, 0.25) is 0 Å². The van der Waals surface area contributed by atoms with Gasteiger partial charge in [-0.3, -0.25) is 4.79 Å². The van der Waals surface area contributed by atoms with E-state index in [0.29, 0.717) is 6.42 Å². The largest absolute Gasteiger partial charge is 1.00 e. The van der Waals surface area contributed by atoms with Crippen LogP contribution in [0.4, 0.5) is 0 Å². The zero-order valence-corrected chi connectivity index (χ0v) is 10.0. The van der Waals surface area contributed by atoms with Crippen LogP contribution in [0.5, 0.6) is 0 Å². The number of hydrogen-bond donors (Lipinski definition) is 1. The summed E-state index contributed by atoms with van der Waals surface area (Å²) in [6.45, 7) is 2.11. The molecule has 0 amide bonds. The Labute approximate surface area is 106 Å². The SMILES string of the molecule is CCCCCCC(=O)O.[H-].[K+]. The molecule has 0 rings (SSSR count). The second kappa shape index (κ2) is 10.1. The van der Waals surface area contributed by atoms with Crippen molar-refractivity contribution in [2.24, 2.45) is 0 Å². The summed E-state index contributed by atoms with van der Waals surface area (Å²) in [4.78, 5) is 9.96. The minimum absolute atomic E-state index is 0. The minimum Gasteiger partial charge on any atom is -1.00 e. The van der Waals surface area contributed by atoms with Crippen LogP contribution >= 0.6 is 0 Å². The Morgan fingerprint density at radius 2 is 2.00 bits per heavy atom. The van der Waals surface area contributed by atoms with Crippen molar-refractivity contribution in [1.29, 1.82) is 0 Å². The van der Waals surface area contributed by atoms with E-state index in [1.807, 2.05) is 0 Å². The minimum atomic E-state index is -0.675. The summed E-state index contributed by atoms with van der Waals surface area (Å²) in [5, 5.41) is 8.21. The Bertz CT molecular complexity index is 88.5. The molecule has 3 heteroatoms. The summed E-state index contributed by atoms with van der Waals surface area (Å²) >= 11 is 0. The first-order valence-corrected chi connectivity index (χ1v) is 3.49. The van der Waals surface area contributed by atoms with Gasteiger partial charge in [-0.25, -0.2) is 0 Å². The van der Waals surface area contributed by atoms with Gasteiger partial charge in [0.05, 0.1) is 0 Å². The zero-order valence-electron chi connectivity index (χ0n) is 7.89. The molecular formula is C7H15KO2. The second-order valence-electron chi connectivity index (χ2n) is 2.20. The molecular weight excluding hydrogens is 155 g/mol. The van der Waals surface area contributed by atoms with Crippen molar-refractivity contribution < 1.29 is 62.7 Å². The number of rotatable bonds is 5. The second-order valence-corrected chi connectivity index (χ2v) is 2.20. The van der Waals surface area contributed by atoms with Gasteiger partial charge >= 0.3 is 57.4 Å². The van der Waals surface area contributed by atoms with Gasteiger partial charge in [-0.05, 0) is 6.42 Å². The van der Waals surface area contributed by atoms with E-state index in [2.05, 4.69) is 6.92 Å². The summed E-state index contributed by atoms with van der Waals surface area (Å²) in [5.41, 5.74) is 0. The van der Waals surface area contributed by atoms with Crippen molar-refractivity contribution in [2.45, 2.75) is 39.0 Å². The quantitative estimate of drug-likeness (QED) is 0.431. The van der Waals surface area contributed by atoms with E-state index < -0.39 is 5.97 Å². The van der Waals surface area contributed by atoms with Crippen molar-refractivity contribution >= 4 is 5.97 Å².